The van der Waals surface area contributed by atoms with Crippen LogP contribution in [0, 0.1) is 6.92 Å². The Morgan fingerprint density at radius 1 is 1.10 bits per heavy atom. The van der Waals surface area contributed by atoms with Crippen molar-refractivity contribution in [3.63, 3.8) is 0 Å². The molecule has 1 N–H and O–H groups in total. The van der Waals surface area contributed by atoms with Gasteiger partial charge in [-0.15, -0.1) is 0 Å². The highest BCUT2D eigenvalue weighted by Crippen LogP contribution is 2.31. The predicted molar refractivity (Wildman–Crippen MR) is 122 cm³/mol. The molecule has 0 spiro atoms. The van der Waals surface area contributed by atoms with Crippen LogP contribution in [0.25, 0.3) is 0 Å². The van der Waals surface area contributed by atoms with E-state index in [1.54, 1.807) is 31.2 Å². The van der Waals surface area contributed by atoms with E-state index in [4.69, 9.17) is 4.42 Å². The van der Waals surface area contributed by atoms with Crippen molar-refractivity contribution in [1.29, 1.82) is 0 Å². The van der Waals surface area contributed by atoms with E-state index in [1.165, 1.54) is 10.6 Å². The van der Waals surface area contributed by atoms with Crippen molar-refractivity contribution in [2.45, 2.75) is 32.6 Å². The number of anilines is 2. The van der Waals surface area contributed by atoms with Crippen LogP contribution in [0.4, 0.5) is 11.4 Å². The Morgan fingerprint density at radius 3 is 2.32 bits per heavy atom. The van der Waals surface area contributed by atoms with Gasteiger partial charge in [-0.05, 0) is 37.7 Å². The van der Waals surface area contributed by atoms with Crippen molar-refractivity contribution in [2.24, 2.45) is 0 Å². The van der Waals surface area contributed by atoms with Crippen LogP contribution in [-0.4, -0.2) is 69.3 Å². The van der Waals surface area contributed by atoms with Gasteiger partial charge in [0, 0.05) is 39.3 Å². The molecular weight excluding hydrogens is 416 g/mol. The summed E-state index contributed by atoms with van der Waals surface area (Å²) in [5, 5.41) is 2.93. The fourth-order valence-corrected chi connectivity index (χ4v) is 5.36. The summed E-state index contributed by atoms with van der Waals surface area (Å²) in [5.41, 5.74) is 1.74. The van der Waals surface area contributed by atoms with Crippen molar-refractivity contribution in [1.82, 2.24) is 9.21 Å². The van der Waals surface area contributed by atoms with Crippen LogP contribution in [0.15, 0.2) is 39.8 Å². The Labute approximate surface area is 184 Å². The molecule has 0 aliphatic carbocycles. The molecule has 1 aliphatic rings. The number of sulfonamides is 1. The largest absolute Gasteiger partial charge is 0.469 e. The molecule has 0 atom stereocenters. The number of piperazine rings is 1. The van der Waals surface area contributed by atoms with E-state index in [9.17, 15) is 13.2 Å². The lowest BCUT2D eigenvalue weighted by molar-refractivity contribution is 0.102. The Morgan fingerprint density at radius 2 is 1.77 bits per heavy atom. The first kappa shape index (κ1) is 23.3. The summed E-state index contributed by atoms with van der Waals surface area (Å²) < 4.78 is 32.8. The number of carbonyl (C=O) groups excluding carboxylic acids is 1. The molecule has 1 aromatic heterocycles. The normalized spacial score (nSPS) is 15.5. The van der Waals surface area contributed by atoms with Crippen molar-refractivity contribution in [2.75, 3.05) is 56.0 Å². The molecule has 9 heteroatoms. The Kier molecular flexibility index (Phi) is 7.40. The van der Waals surface area contributed by atoms with Gasteiger partial charge < -0.3 is 19.5 Å². The lowest BCUT2D eigenvalue weighted by Crippen LogP contribution is -2.46. The van der Waals surface area contributed by atoms with E-state index in [0.29, 0.717) is 30.1 Å². The second-order valence-corrected chi connectivity index (χ2v) is 9.47. The zero-order chi connectivity index (χ0) is 22.6. The molecular formula is C22H32N4O4S. The number of furan rings is 1. The molecule has 1 fully saturated rings. The number of nitrogens with one attached hydrogen (secondary N) is 1. The summed E-state index contributed by atoms with van der Waals surface area (Å²) in [5.74, 6) is 0.194. The minimum absolute atomic E-state index is 0.173. The number of hydrogen-bond donors (Lipinski definition) is 1. The first-order valence-electron chi connectivity index (χ1n) is 10.8. The van der Waals surface area contributed by atoms with Crippen LogP contribution in [0.2, 0.25) is 0 Å². The van der Waals surface area contributed by atoms with E-state index < -0.39 is 10.0 Å². The highest BCUT2D eigenvalue weighted by molar-refractivity contribution is 7.89. The van der Waals surface area contributed by atoms with Gasteiger partial charge in [0.15, 0.2) is 0 Å². The third kappa shape index (κ3) is 4.94. The number of rotatable bonds is 8. The van der Waals surface area contributed by atoms with Crippen LogP contribution in [-0.2, 0) is 10.0 Å². The van der Waals surface area contributed by atoms with Gasteiger partial charge in [0.1, 0.15) is 5.76 Å². The van der Waals surface area contributed by atoms with Gasteiger partial charge in [0.05, 0.1) is 28.1 Å². The lowest BCUT2D eigenvalue weighted by atomic mass is 10.2. The minimum atomic E-state index is -3.64. The summed E-state index contributed by atoms with van der Waals surface area (Å²) >= 11 is 0. The van der Waals surface area contributed by atoms with E-state index in [2.05, 4.69) is 22.0 Å². The summed E-state index contributed by atoms with van der Waals surface area (Å²) in [6.07, 6.45) is 1.47. The average Bonchev–Trinajstić information content (AvgIpc) is 3.20. The van der Waals surface area contributed by atoms with Crippen LogP contribution in [0.3, 0.4) is 0 Å². The molecule has 2 aromatic rings. The van der Waals surface area contributed by atoms with E-state index >= 15 is 0 Å². The molecule has 0 saturated carbocycles. The SMILES string of the molecule is CCN1CCN(c2ccc(S(=O)(=O)N(CC)CC)cc2NC(=O)c2ccoc2C)CC1. The zero-order valence-corrected chi connectivity index (χ0v) is 19.5. The van der Waals surface area contributed by atoms with Gasteiger partial charge in [-0.1, -0.05) is 20.8 Å². The fraction of sp³-hybridized carbons (Fsp3) is 0.500. The number of hydrogen-bond acceptors (Lipinski definition) is 6. The monoisotopic (exact) mass is 448 g/mol. The first-order valence-corrected chi connectivity index (χ1v) is 12.2. The highest BCUT2D eigenvalue weighted by atomic mass is 32.2. The van der Waals surface area contributed by atoms with Crippen LogP contribution in [0.5, 0.6) is 0 Å². The standard InChI is InChI=1S/C22H32N4O4S/c1-5-24-11-13-25(14-12-24)21-9-8-18(31(28,29)26(6-2)7-3)16-20(21)23-22(27)19-10-15-30-17(19)4/h8-10,15-16H,5-7,11-14H2,1-4H3,(H,23,27). The summed E-state index contributed by atoms with van der Waals surface area (Å²) in [6, 6.07) is 6.62. The number of aryl methyl sites for hydroxylation is 1. The summed E-state index contributed by atoms with van der Waals surface area (Å²) in [7, 11) is -3.64. The lowest BCUT2D eigenvalue weighted by Gasteiger charge is -2.36. The number of amides is 1. The van der Waals surface area contributed by atoms with Crippen LogP contribution >= 0.6 is 0 Å². The van der Waals surface area contributed by atoms with Crippen LogP contribution < -0.4 is 10.2 Å². The molecule has 3 rings (SSSR count). The number of nitrogens with zero attached hydrogens (tertiary/aromatic N) is 3. The Bertz CT molecular complexity index is 1010. The minimum Gasteiger partial charge on any atom is -0.469 e. The zero-order valence-electron chi connectivity index (χ0n) is 18.7. The molecule has 1 amide bonds. The number of carbonyl (C=O) groups is 1. The molecule has 31 heavy (non-hydrogen) atoms. The maximum absolute atomic E-state index is 13.1. The molecule has 0 bridgehead atoms. The second-order valence-electron chi connectivity index (χ2n) is 7.53. The summed E-state index contributed by atoms with van der Waals surface area (Å²) in [4.78, 5) is 17.6. The third-order valence-electron chi connectivity index (χ3n) is 5.82. The Hall–Kier alpha value is -2.36. The van der Waals surface area contributed by atoms with Crippen molar-refractivity contribution < 1.29 is 17.6 Å². The number of benzene rings is 1. The maximum Gasteiger partial charge on any atom is 0.259 e. The van der Waals surface area contributed by atoms with Gasteiger partial charge >= 0.3 is 0 Å². The van der Waals surface area contributed by atoms with Crippen LogP contribution in [0.1, 0.15) is 36.9 Å². The molecule has 0 unspecified atom stereocenters. The summed E-state index contributed by atoms with van der Waals surface area (Å²) in [6.45, 7) is 12.7. The van der Waals surface area contributed by atoms with Gasteiger partial charge in [-0.2, -0.15) is 4.31 Å². The van der Waals surface area contributed by atoms with Gasteiger partial charge in [-0.3, -0.25) is 4.79 Å². The molecule has 170 valence electrons. The predicted octanol–water partition coefficient (Wildman–Crippen LogP) is 3.01. The molecule has 1 aromatic carbocycles. The quantitative estimate of drug-likeness (QED) is 0.668. The fourth-order valence-electron chi connectivity index (χ4n) is 3.88. The highest BCUT2D eigenvalue weighted by Gasteiger charge is 2.26. The van der Waals surface area contributed by atoms with Crippen molar-refractivity contribution >= 4 is 27.3 Å². The first-order chi connectivity index (χ1) is 14.8. The number of likely N-dealkylation sites (N-methyl/N-ethyl adjacent to an activating group) is 1. The smallest absolute Gasteiger partial charge is 0.259 e. The molecule has 1 saturated heterocycles. The second kappa shape index (κ2) is 9.84. The van der Waals surface area contributed by atoms with Gasteiger partial charge in [0.2, 0.25) is 10.0 Å². The molecule has 8 nitrogen and oxygen atoms in total. The maximum atomic E-state index is 13.1. The van der Waals surface area contributed by atoms with Crippen molar-refractivity contribution in [3.05, 3.63) is 41.9 Å². The molecule has 2 heterocycles. The van der Waals surface area contributed by atoms with Gasteiger partial charge in [-0.25, -0.2) is 8.42 Å². The van der Waals surface area contributed by atoms with E-state index in [-0.39, 0.29) is 10.8 Å². The van der Waals surface area contributed by atoms with E-state index in [1.807, 2.05) is 13.8 Å². The molecule has 0 radical (unpaired) electrons. The van der Waals surface area contributed by atoms with Gasteiger partial charge in [0.25, 0.3) is 5.91 Å². The molecule has 1 aliphatic heterocycles. The topological polar surface area (TPSA) is 86.1 Å². The average molecular weight is 449 g/mol. The Balaban J connectivity index is 1.98. The van der Waals surface area contributed by atoms with Crippen molar-refractivity contribution in [3.8, 4) is 0 Å². The van der Waals surface area contributed by atoms with E-state index in [0.717, 1.165) is 38.4 Å². The third-order valence-corrected chi connectivity index (χ3v) is 7.87.